The van der Waals surface area contributed by atoms with Gasteiger partial charge in [0.1, 0.15) is 0 Å². The van der Waals surface area contributed by atoms with Crippen LogP contribution in [0.3, 0.4) is 0 Å². The molecular formula is C5H11FeNO2. The van der Waals surface area contributed by atoms with Crippen molar-refractivity contribution < 1.29 is 26.6 Å². The zero-order valence-electron chi connectivity index (χ0n) is 5.58. The summed E-state index contributed by atoms with van der Waals surface area (Å²) in [6, 6.07) is 0. The Labute approximate surface area is 65.6 Å². The Morgan fingerprint density at radius 1 is 1.56 bits per heavy atom. The molecule has 1 N–H and O–H groups in total. The summed E-state index contributed by atoms with van der Waals surface area (Å²) in [7, 11) is 0. The molecule has 0 aliphatic carbocycles. The molecule has 0 aromatic heterocycles. The van der Waals surface area contributed by atoms with E-state index in [1.54, 1.807) is 6.92 Å². The van der Waals surface area contributed by atoms with Crippen LogP contribution in [-0.2, 0) is 21.8 Å². The van der Waals surface area contributed by atoms with Crippen LogP contribution >= 0.6 is 0 Å². The first-order valence-corrected chi connectivity index (χ1v) is 2.71. The molecule has 3 nitrogen and oxygen atoms in total. The Kier molecular flexibility index (Phi) is 10.0. The van der Waals surface area contributed by atoms with Crippen LogP contribution < -0.4 is 5.32 Å². The first-order valence-electron chi connectivity index (χ1n) is 2.71. The summed E-state index contributed by atoms with van der Waals surface area (Å²) in [6.45, 7) is 4.68. The maximum Gasteiger partial charge on any atom is 0.407 e. The second kappa shape index (κ2) is 7.79. The van der Waals surface area contributed by atoms with Gasteiger partial charge in [-0.05, 0) is 13.8 Å². The van der Waals surface area contributed by atoms with Gasteiger partial charge in [-0.1, -0.05) is 0 Å². The molecule has 4 heteroatoms. The largest absolute Gasteiger partial charge is 0.450 e. The maximum absolute atomic E-state index is 10.3. The fourth-order valence-electron chi connectivity index (χ4n) is 0.326. The molecule has 0 radical (unpaired) electrons. The second-order valence-electron chi connectivity index (χ2n) is 1.25. The maximum atomic E-state index is 10.3. The summed E-state index contributed by atoms with van der Waals surface area (Å²) < 4.78 is 4.53. The van der Waals surface area contributed by atoms with Crippen molar-refractivity contribution >= 4 is 6.09 Å². The van der Waals surface area contributed by atoms with E-state index < -0.39 is 0 Å². The molecule has 0 rings (SSSR count). The number of alkyl carbamates (subject to hydrolysis) is 1. The Morgan fingerprint density at radius 2 is 2.11 bits per heavy atom. The number of hydrogen-bond acceptors (Lipinski definition) is 2. The van der Waals surface area contributed by atoms with E-state index >= 15 is 0 Å². The van der Waals surface area contributed by atoms with Crippen LogP contribution in [0.25, 0.3) is 0 Å². The average molecular weight is 173 g/mol. The van der Waals surface area contributed by atoms with E-state index in [1.807, 2.05) is 6.92 Å². The third kappa shape index (κ3) is 7.79. The van der Waals surface area contributed by atoms with E-state index in [9.17, 15) is 4.79 Å². The molecular weight excluding hydrogens is 162 g/mol. The molecule has 56 valence electrons. The molecule has 0 aromatic rings. The summed E-state index contributed by atoms with van der Waals surface area (Å²) in [6.07, 6.45) is -0.338. The Balaban J connectivity index is 0. The van der Waals surface area contributed by atoms with Crippen LogP contribution in [0.1, 0.15) is 13.8 Å². The van der Waals surface area contributed by atoms with Crippen molar-refractivity contribution in [3.63, 3.8) is 0 Å². The molecule has 9 heavy (non-hydrogen) atoms. The first-order chi connectivity index (χ1) is 3.81. The summed E-state index contributed by atoms with van der Waals surface area (Å²) in [4.78, 5) is 10.3. The summed E-state index contributed by atoms with van der Waals surface area (Å²) in [5, 5.41) is 2.49. The topological polar surface area (TPSA) is 38.3 Å². The first kappa shape index (κ1) is 11.6. The third-order valence-corrected chi connectivity index (χ3v) is 0.597. The fourth-order valence-corrected chi connectivity index (χ4v) is 0.326. The minimum atomic E-state index is -0.338. The van der Waals surface area contributed by atoms with E-state index in [2.05, 4.69) is 10.1 Å². The molecule has 1 amide bonds. The van der Waals surface area contributed by atoms with Gasteiger partial charge in [0.25, 0.3) is 0 Å². The van der Waals surface area contributed by atoms with Crippen LogP contribution in [0.5, 0.6) is 0 Å². The van der Waals surface area contributed by atoms with Gasteiger partial charge in [0.2, 0.25) is 0 Å². The van der Waals surface area contributed by atoms with Crippen LogP contribution in [-0.4, -0.2) is 19.2 Å². The van der Waals surface area contributed by atoms with E-state index in [0.29, 0.717) is 13.2 Å². The van der Waals surface area contributed by atoms with Crippen molar-refractivity contribution in [1.82, 2.24) is 5.32 Å². The van der Waals surface area contributed by atoms with Gasteiger partial charge >= 0.3 is 6.09 Å². The number of nitrogens with one attached hydrogen (secondary N) is 1. The Morgan fingerprint density at radius 3 is 2.44 bits per heavy atom. The Hall–Kier alpha value is -0.211. The predicted molar refractivity (Wildman–Crippen MR) is 30.7 cm³/mol. The molecule has 0 heterocycles. The minimum absolute atomic E-state index is 0. The number of hydrogen-bond donors (Lipinski definition) is 1. The van der Waals surface area contributed by atoms with Gasteiger partial charge in [-0.15, -0.1) is 0 Å². The monoisotopic (exact) mass is 173 g/mol. The van der Waals surface area contributed by atoms with Crippen molar-refractivity contribution in [1.29, 1.82) is 0 Å². The van der Waals surface area contributed by atoms with Crippen LogP contribution in [0.15, 0.2) is 0 Å². The van der Waals surface area contributed by atoms with Gasteiger partial charge in [-0.3, -0.25) is 0 Å². The van der Waals surface area contributed by atoms with Gasteiger partial charge in [0.05, 0.1) is 6.61 Å². The zero-order valence-corrected chi connectivity index (χ0v) is 6.69. The number of rotatable bonds is 2. The second-order valence-corrected chi connectivity index (χ2v) is 1.25. The normalized spacial score (nSPS) is 7.33. The molecule has 0 aromatic carbocycles. The fraction of sp³-hybridized carbons (Fsp3) is 0.800. The number of amides is 1. The van der Waals surface area contributed by atoms with E-state index in [4.69, 9.17) is 0 Å². The van der Waals surface area contributed by atoms with Crippen LogP contribution in [0.4, 0.5) is 4.79 Å². The number of ether oxygens (including phenoxy) is 1. The van der Waals surface area contributed by atoms with Crippen molar-refractivity contribution in [2.24, 2.45) is 0 Å². The number of carbonyl (C=O) groups excluding carboxylic acids is 1. The van der Waals surface area contributed by atoms with Gasteiger partial charge in [0.15, 0.2) is 0 Å². The predicted octanol–water partition coefficient (Wildman–Crippen LogP) is 0.750. The minimum Gasteiger partial charge on any atom is -0.450 e. The standard InChI is InChI=1S/C5H11NO2.Fe/c1-3-6-5(7)8-4-2;/h3-4H2,1-2H3,(H,6,7);. The third-order valence-electron chi connectivity index (χ3n) is 0.597. The quantitative estimate of drug-likeness (QED) is 0.625. The molecule has 0 aliphatic rings. The molecule has 0 spiro atoms. The van der Waals surface area contributed by atoms with Gasteiger partial charge in [-0.25, -0.2) is 4.79 Å². The van der Waals surface area contributed by atoms with Crippen molar-refractivity contribution in [2.75, 3.05) is 13.2 Å². The molecule has 0 fully saturated rings. The van der Waals surface area contributed by atoms with Crippen LogP contribution in [0.2, 0.25) is 0 Å². The van der Waals surface area contributed by atoms with E-state index in [-0.39, 0.29) is 23.2 Å². The summed E-state index contributed by atoms with van der Waals surface area (Å²) in [5.41, 5.74) is 0. The summed E-state index contributed by atoms with van der Waals surface area (Å²) in [5.74, 6) is 0. The molecule has 0 saturated carbocycles. The molecule has 0 unspecified atom stereocenters. The summed E-state index contributed by atoms with van der Waals surface area (Å²) >= 11 is 0. The van der Waals surface area contributed by atoms with Crippen molar-refractivity contribution in [3.8, 4) is 0 Å². The SMILES string of the molecule is CCNC(=O)OCC.[Fe]. The Bertz CT molecular complexity index is 69.4. The smallest absolute Gasteiger partial charge is 0.407 e. The van der Waals surface area contributed by atoms with Crippen molar-refractivity contribution in [2.45, 2.75) is 13.8 Å². The molecule has 0 aliphatic heterocycles. The van der Waals surface area contributed by atoms with Gasteiger partial charge in [0, 0.05) is 23.6 Å². The van der Waals surface area contributed by atoms with E-state index in [0.717, 1.165) is 0 Å². The number of carbonyl (C=O) groups is 1. The van der Waals surface area contributed by atoms with Crippen LogP contribution in [0, 0.1) is 0 Å². The van der Waals surface area contributed by atoms with Crippen molar-refractivity contribution in [3.05, 3.63) is 0 Å². The average Bonchev–Trinajstić information content (AvgIpc) is 1.68. The van der Waals surface area contributed by atoms with Gasteiger partial charge in [-0.2, -0.15) is 0 Å². The zero-order chi connectivity index (χ0) is 6.41. The molecule has 0 atom stereocenters. The van der Waals surface area contributed by atoms with Gasteiger partial charge < -0.3 is 10.1 Å². The molecule has 0 saturated heterocycles. The van der Waals surface area contributed by atoms with E-state index in [1.165, 1.54) is 0 Å². The molecule has 0 bridgehead atoms.